The lowest BCUT2D eigenvalue weighted by Gasteiger charge is -2.24. The largest absolute Gasteiger partial charge is 0.490 e. The molecule has 1 aromatic rings. The molecule has 0 spiro atoms. The highest BCUT2D eigenvalue weighted by Gasteiger charge is 2.30. The minimum atomic E-state index is 0.206. The number of benzene rings is 1. The topological polar surface area (TPSA) is 39.7 Å². The van der Waals surface area contributed by atoms with Gasteiger partial charge < -0.3 is 19.5 Å². The van der Waals surface area contributed by atoms with E-state index in [1.54, 1.807) is 0 Å². The van der Waals surface area contributed by atoms with E-state index in [0.29, 0.717) is 6.10 Å². The second kappa shape index (κ2) is 6.02. The third kappa shape index (κ3) is 2.76. The van der Waals surface area contributed by atoms with Crippen molar-refractivity contribution in [2.24, 2.45) is 0 Å². The summed E-state index contributed by atoms with van der Waals surface area (Å²) in [6.07, 6.45) is 3.76. The van der Waals surface area contributed by atoms with Crippen molar-refractivity contribution in [3.05, 3.63) is 23.8 Å². The normalized spacial score (nSPS) is 27.1. The predicted octanol–water partition coefficient (Wildman–Crippen LogP) is 2.68. The van der Waals surface area contributed by atoms with Crippen LogP contribution < -0.4 is 14.8 Å². The Balaban J connectivity index is 1.83. The SMILES string of the molecule is CNC(c1ccc2c(c1)OCCCO2)C1CCC(C)O1. The third-order valence-corrected chi connectivity index (χ3v) is 4.08. The summed E-state index contributed by atoms with van der Waals surface area (Å²) in [5.74, 6) is 1.70. The number of rotatable bonds is 3. The standard InChI is InChI=1S/C16H23NO3/c1-11-4-6-14(20-11)16(17-2)12-5-7-13-15(10-12)19-9-3-8-18-13/h5,7,10-11,14,16-17H,3-4,6,8-9H2,1-2H3. The highest BCUT2D eigenvalue weighted by atomic mass is 16.5. The van der Waals surface area contributed by atoms with Gasteiger partial charge in [0.05, 0.1) is 31.5 Å². The van der Waals surface area contributed by atoms with Gasteiger partial charge >= 0.3 is 0 Å². The molecule has 2 aliphatic rings. The summed E-state index contributed by atoms with van der Waals surface area (Å²) in [6, 6.07) is 6.42. The van der Waals surface area contributed by atoms with Crippen LogP contribution in [-0.4, -0.2) is 32.5 Å². The van der Waals surface area contributed by atoms with Crippen LogP contribution in [0.3, 0.4) is 0 Å². The number of nitrogens with one attached hydrogen (secondary N) is 1. The molecule has 4 heteroatoms. The average Bonchev–Trinajstić information content (AvgIpc) is 2.75. The van der Waals surface area contributed by atoms with Crippen LogP contribution >= 0.6 is 0 Å². The molecule has 2 aliphatic heterocycles. The maximum atomic E-state index is 6.00. The fourth-order valence-electron chi connectivity index (χ4n) is 3.02. The highest BCUT2D eigenvalue weighted by Crippen LogP contribution is 2.36. The Morgan fingerprint density at radius 3 is 2.65 bits per heavy atom. The molecule has 0 aromatic heterocycles. The van der Waals surface area contributed by atoms with Gasteiger partial charge in [-0.25, -0.2) is 0 Å². The molecule has 0 saturated carbocycles. The van der Waals surface area contributed by atoms with Crippen LogP contribution in [0, 0.1) is 0 Å². The van der Waals surface area contributed by atoms with Crippen LogP contribution in [0.2, 0.25) is 0 Å². The van der Waals surface area contributed by atoms with E-state index in [0.717, 1.165) is 44.0 Å². The summed E-state index contributed by atoms with van der Waals surface area (Å²) in [6.45, 7) is 3.59. The van der Waals surface area contributed by atoms with E-state index >= 15 is 0 Å². The Kier molecular flexibility index (Phi) is 4.13. The molecule has 110 valence electrons. The number of hydrogen-bond acceptors (Lipinski definition) is 4. The Bertz CT molecular complexity index is 463. The van der Waals surface area contributed by atoms with Crippen molar-refractivity contribution in [1.82, 2.24) is 5.32 Å². The van der Waals surface area contributed by atoms with Gasteiger partial charge in [0.1, 0.15) is 0 Å². The zero-order valence-corrected chi connectivity index (χ0v) is 12.2. The maximum absolute atomic E-state index is 6.00. The van der Waals surface area contributed by atoms with Crippen LogP contribution in [0.1, 0.15) is 37.8 Å². The summed E-state index contributed by atoms with van der Waals surface area (Å²) in [5.41, 5.74) is 1.20. The first-order chi connectivity index (χ1) is 9.78. The minimum absolute atomic E-state index is 0.206. The quantitative estimate of drug-likeness (QED) is 0.922. The highest BCUT2D eigenvalue weighted by molar-refractivity contribution is 5.44. The second-order valence-corrected chi connectivity index (χ2v) is 5.59. The van der Waals surface area contributed by atoms with E-state index in [1.807, 2.05) is 13.1 Å². The van der Waals surface area contributed by atoms with E-state index in [4.69, 9.17) is 14.2 Å². The van der Waals surface area contributed by atoms with Crippen LogP contribution in [0.5, 0.6) is 11.5 Å². The molecule has 4 nitrogen and oxygen atoms in total. The molecule has 1 fully saturated rings. The molecule has 3 unspecified atom stereocenters. The van der Waals surface area contributed by atoms with Crippen LogP contribution in [0.4, 0.5) is 0 Å². The van der Waals surface area contributed by atoms with Gasteiger partial charge in [-0.1, -0.05) is 6.07 Å². The van der Waals surface area contributed by atoms with Gasteiger partial charge in [-0.05, 0) is 44.5 Å². The van der Waals surface area contributed by atoms with Gasteiger partial charge in [0.2, 0.25) is 0 Å². The molecule has 1 aromatic carbocycles. The monoisotopic (exact) mass is 277 g/mol. The molecule has 0 radical (unpaired) electrons. The minimum Gasteiger partial charge on any atom is -0.490 e. The first kappa shape index (κ1) is 13.7. The van der Waals surface area contributed by atoms with Gasteiger partial charge in [-0.3, -0.25) is 0 Å². The van der Waals surface area contributed by atoms with Crippen LogP contribution in [0.15, 0.2) is 18.2 Å². The zero-order valence-electron chi connectivity index (χ0n) is 12.2. The van der Waals surface area contributed by atoms with E-state index in [2.05, 4.69) is 24.4 Å². The smallest absolute Gasteiger partial charge is 0.161 e. The van der Waals surface area contributed by atoms with Gasteiger partial charge in [0.15, 0.2) is 11.5 Å². The number of hydrogen-bond donors (Lipinski definition) is 1. The third-order valence-electron chi connectivity index (χ3n) is 4.08. The number of likely N-dealkylation sites (N-methyl/N-ethyl adjacent to an activating group) is 1. The average molecular weight is 277 g/mol. The van der Waals surface area contributed by atoms with E-state index in [9.17, 15) is 0 Å². The Hall–Kier alpha value is -1.26. The first-order valence-electron chi connectivity index (χ1n) is 7.50. The van der Waals surface area contributed by atoms with Crippen molar-refractivity contribution >= 4 is 0 Å². The van der Waals surface area contributed by atoms with Crippen LogP contribution in [0.25, 0.3) is 0 Å². The lowest BCUT2D eigenvalue weighted by Crippen LogP contribution is -2.29. The molecule has 1 N–H and O–H groups in total. The summed E-state index contributed by atoms with van der Waals surface area (Å²) in [7, 11) is 1.99. The zero-order chi connectivity index (χ0) is 13.9. The molecular formula is C16H23NO3. The molecule has 0 aliphatic carbocycles. The molecule has 0 bridgehead atoms. The van der Waals surface area contributed by atoms with Crippen molar-refractivity contribution in [1.29, 1.82) is 0 Å². The van der Waals surface area contributed by atoms with Crippen molar-refractivity contribution in [2.75, 3.05) is 20.3 Å². The molecule has 3 atom stereocenters. The van der Waals surface area contributed by atoms with Crippen LogP contribution in [-0.2, 0) is 4.74 Å². The molecular weight excluding hydrogens is 254 g/mol. The summed E-state index contributed by atoms with van der Waals surface area (Å²) in [4.78, 5) is 0. The van der Waals surface area contributed by atoms with Gasteiger partial charge in [-0.2, -0.15) is 0 Å². The maximum Gasteiger partial charge on any atom is 0.161 e. The summed E-state index contributed by atoms with van der Waals surface area (Å²) < 4.78 is 17.5. The van der Waals surface area contributed by atoms with E-state index < -0.39 is 0 Å². The van der Waals surface area contributed by atoms with Crippen molar-refractivity contribution in [2.45, 2.75) is 44.4 Å². The van der Waals surface area contributed by atoms with Gasteiger partial charge in [-0.15, -0.1) is 0 Å². The lowest BCUT2D eigenvalue weighted by molar-refractivity contribution is 0.0333. The van der Waals surface area contributed by atoms with E-state index in [-0.39, 0.29) is 12.1 Å². The Morgan fingerprint density at radius 2 is 1.95 bits per heavy atom. The molecule has 3 rings (SSSR count). The number of fused-ring (bicyclic) bond motifs is 1. The molecule has 0 amide bonds. The lowest BCUT2D eigenvalue weighted by atomic mass is 9.99. The van der Waals surface area contributed by atoms with Gasteiger partial charge in [0.25, 0.3) is 0 Å². The van der Waals surface area contributed by atoms with Crippen molar-refractivity contribution in [3.8, 4) is 11.5 Å². The Morgan fingerprint density at radius 1 is 1.15 bits per heavy atom. The Labute approximate surface area is 120 Å². The molecule has 1 saturated heterocycles. The molecule has 2 heterocycles. The fourth-order valence-corrected chi connectivity index (χ4v) is 3.02. The number of ether oxygens (including phenoxy) is 3. The predicted molar refractivity (Wildman–Crippen MR) is 77.4 cm³/mol. The van der Waals surface area contributed by atoms with Crippen molar-refractivity contribution < 1.29 is 14.2 Å². The first-order valence-corrected chi connectivity index (χ1v) is 7.50. The fraction of sp³-hybridized carbons (Fsp3) is 0.625. The van der Waals surface area contributed by atoms with Gasteiger partial charge in [0, 0.05) is 6.42 Å². The summed E-state index contributed by atoms with van der Waals surface area (Å²) >= 11 is 0. The second-order valence-electron chi connectivity index (χ2n) is 5.59. The van der Waals surface area contributed by atoms with Crippen molar-refractivity contribution in [3.63, 3.8) is 0 Å². The summed E-state index contributed by atoms with van der Waals surface area (Å²) in [5, 5.41) is 3.38. The molecule has 20 heavy (non-hydrogen) atoms. The van der Waals surface area contributed by atoms with E-state index in [1.165, 1.54) is 5.56 Å².